The Hall–Kier alpha value is -3.28. The molecule has 0 saturated carbocycles. The highest BCUT2D eigenvalue weighted by atomic mass is 16.5. The molecule has 2 atom stereocenters. The molecule has 1 saturated heterocycles. The number of likely N-dealkylation sites (tertiary alicyclic amines) is 1. The summed E-state index contributed by atoms with van der Waals surface area (Å²) < 4.78 is 5.05. The van der Waals surface area contributed by atoms with Gasteiger partial charge in [-0.05, 0) is 12.5 Å². The highest BCUT2D eigenvalue weighted by Gasteiger charge is 2.49. The molecule has 1 fully saturated rings. The smallest absolute Gasteiger partial charge is 0.317 e. The Morgan fingerprint density at radius 2 is 1.64 bits per heavy atom. The SMILES string of the molecule is CCOC(=O)C(C(=O)c1ccccc1)C1CC(=O)N(Cc2ccccc2)C1=O. The molecular formula is C22H21NO5. The van der Waals surface area contributed by atoms with Crippen LogP contribution >= 0.6 is 0 Å². The summed E-state index contributed by atoms with van der Waals surface area (Å²) in [6.07, 6.45) is -0.187. The summed E-state index contributed by atoms with van der Waals surface area (Å²) in [5, 5.41) is 0. The number of rotatable bonds is 7. The van der Waals surface area contributed by atoms with E-state index >= 15 is 0 Å². The molecule has 0 N–H and O–H groups in total. The van der Waals surface area contributed by atoms with Crippen LogP contribution in [0.4, 0.5) is 0 Å². The van der Waals surface area contributed by atoms with Gasteiger partial charge in [0.25, 0.3) is 0 Å². The number of hydrogen-bond acceptors (Lipinski definition) is 5. The molecule has 0 aromatic heterocycles. The van der Waals surface area contributed by atoms with Crippen LogP contribution in [0, 0.1) is 11.8 Å². The van der Waals surface area contributed by atoms with Gasteiger partial charge in [0, 0.05) is 12.0 Å². The fourth-order valence-electron chi connectivity index (χ4n) is 3.37. The summed E-state index contributed by atoms with van der Waals surface area (Å²) >= 11 is 0. The van der Waals surface area contributed by atoms with E-state index in [0.29, 0.717) is 5.56 Å². The summed E-state index contributed by atoms with van der Waals surface area (Å²) in [5.74, 6) is -4.58. The number of amides is 2. The van der Waals surface area contributed by atoms with Gasteiger partial charge in [0.05, 0.1) is 19.1 Å². The average Bonchev–Trinajstić information content (AvgIpc) is 2.98. The Morgan fingerprint density at radius 1 is 1.04 bits per heavy atom. The third kappa shape index (κ3) is 4.01. The highest BCUT2D eigenvalue weighted by Crippen LogP contribution is 2.31. The van der Waals surface area contributed by atoms with Gasteiger partial charge in [-0.15, -0.1) is 0 Å². The van der Waals surface area contributed by atoms with E-state index in [-0.39, 0.29) is 19.6 Å². The summed E-state index contributed by atoms with van der Waals surface area (Å²) in [6.45, 7) is 1.83. The molecule has 0 radical (unpaired) electrons. The van der Waals surface area contributed by atoms with Crippen molar-refractivity contribution in [1.82, 2.24) is 4.90 Å². The number of benzene rings is 2. The first-order valence-electron chi connectivity index (χ1n) is 9.17. The standard InChI is InChI=1S/C22H21NO5/c1-2-28-22(27)19(20(25)16-11-7-4-8-12-16)17-13-18(24)23(21(17)26)14-15-9-5-3-6-10-15/h3-12,17,19H,2,13-14H2,1H3. The number of ether oxygens (including phenoxy) is 1. The topological polar surface area (TPSA) is 80.8 Å². The number of carbonyl (C=O) groups excluding carboxylic acids is 4. The molecular weight excluding hydrogens is 358 g/mol. The maximum absolute atomic E-state index is 13.0. The van der Waals surface area contributed by atoms with Crippen LogP contribution < -0.4 is 0 Å². The Balaban J connectivity index is 1.88. The van der Waals surface area contributed by atoms with Gasteiger partial charge in [-0.3, -0.25) is 24.1 Å². The maximum atomic E-state index is 13.0. The molecule has 2 aromatic rings. The minimum Gasteiger partial charge on any atom is -0.465 e. The number of ketones is 1. The molecule has 1 aliphatic heterocycles. The van der Waals surface area contributed by atoms with Gasteiger partial charge >= 0.3 is 5.97 Å². The lowest BCUT2D eigenvalue weighted by molar-refractivity contribution is -0.151. The van der Waals surface area contributed by atoms with E-state index in [4.69, 9.17) is 4.74 Å². The van der Waals surface area contributed by atoms with Crippen LogP contribution in [0.3, 0.4) is 0 Å². The normalized spacial score (nSPS) is 17.5. The second-order valence-electron chi connectivity index (χ2n) is 6.57. The van der Waals surface area contributed by atoms with Crippen LogP contribution in [0.2, 0.25) is 0 Å². The summed E-state index contributed by atoms with van der Waals surface area (Å²) in [4.78, 5) is 52.1. The number of nitrogens with zero attached hydrogens (tertiary/aromatic N) is 1. The third-order valence-corrected chi connectivity index (χ3v) is 4.75. The number of Topliss-reactive ketones (excluding diaryl/α,β-unsaturated/α-hetero) is 1. The van der Waals surface area contributed by atoms with Gasteiger partial charge in [-0.1, -0.05) is 60.7 Å². The van der Waals surface area contributed by atoms with E-state index in [1.165, 1.54) is 0 Å². The van der Waals surface area contributed by atoms with Crippen LogP contribution in [0.25, 0.3) is 0 Å². The largest absolute Gasteiger partial charge is 0.465 e. The van der Waals surface area contributed by atoms with Crippen LogP contribution in [-0.2, 0) is 25.7 Å². The quantitative estimate of drug-likeness (QED) is 0.320. The fraction of sp³-hybridized carbons (Fsp3) is 0.273. The zero-order valence-corrected chi connectivity index (χ0v) is 15.5. The van der Waals surface area contributed by atoms with Crippen molar-refractivity contribution in [2.24, 2.45) is 11.8 Å². The van der Waals surface area contributed by atoms with E-state index < -0.39 is 35.4 Å². The van der Waals surface area contributed by atoms with Crippen molar-refractivity contribution < 1.29 is 23.9 Å². The summed E-state index contributed by atoms with van der Waals surface area (Å²) in [6, 6.07) is 17.4. The van der Waals surface area contributed by atoms with E-state index in [0.717, 1.165) is 10.5 Å². The molecule has 28 heavy (non-hydrogen) atoms. The van der Waals surface area contributed by atoms with Gasteiger partial charge in [0.1, 0.15) is 5.92 Å². The van der Waals surface area contributed by atoms with Gasteiger partial charge < -0.3 is 4.74 Å². The molecule has 6 nitrogen and oxygen atoms in total. The van der Waals surface area contributed by atoms with Crippen molar-refractivity contribution in [2.75, 3.05) is 6.61 Å². The molecule has 2 aromatic carbocycles. The number of esters is 1. The zero-order valence-electron chi connectivity index (χ0n) is 15.5. The third-order valence-electron chi connectivity index (χ3n) is 4.75. The molecule has 144 valence electrons. The second kappa shape index (κ2) is 8.61. The molecule has 1 aliphatic rings. The molecule has 0 spiro atoms. The molecule has 6 heteroatoms. The summed E-state index contributed by atoms with van der Waals surface area (Å²) in [7, 11) is 0. The lowest BCUT2D eigenvalue weighted by atomic mass is 9.84. The zero-order chi connectivity index (χ0) is 20.1. The molecule has 0 bridgehead atoms. The minimum absolute atomic E-state index is 0.0833. The predicted molar refractivity (Wildman–Crippen MR) is 101 cm³/mol. The van der Waals surface area contributed by atoms with Crippen molar-refractivity contribution in [1.29, 1.82) is 0 Å². The number of carbonyl (C=O) groups is 4. The van der Waals surface area contributed by atoms with Gasteiger partial charge in [-0.2, -0.15) is 0 Å². The molecule has 2 amide bonds. The van der Waals surface area contributed by atoms with Crippen LogP contribution in [0.5, 0.6) is 0 Å². The van der Waals surface area contributed by atoms with Crippen molar-refractivity contribution in [3.05, 3.63) is 71.8 Å². The Bertz CT molecular complexity index is 878. The number of imide groups is 1. The van der Waals surface area contributed by atoms with Crippen LogP contribution in [0.15, 0.2) is 60.7 Å². The molecule has 1 heterocycles. The van der Waals surface area contributed by atoms with Crippen LogP contribution in [-0.4, -0.2) is 35.1 Å². The lowest BCUT2D eigenvalue weighted by Gasteiger charge is -2.20. The van der Waals surface area contributed by atoms with Gasteiger partial charge in [0.15, 0.2) is 5.78 Å². The van der Waals surface area contributed by atoms with Crippen molar-refractivity contribution >= 4 is 23.6 Å². The highest BCUT2D eigenvalue weighted by molar-refractivity contribution is 6.14. The minimum atomic E-state index is -1.33. The van der Waals surface area contributed by atoms with Crippen molar-refractivity contribution in [2.45, 2.75) is 19.9 Å². The number of hydrogen-bond donors (Lipinski definition) is 0. The van der Waals surface area contributed by atoms with Crippen LogP contribution in [0.1, 0.15) is 29.3 Å². The van der Waals surface area contributed by atoms with E-state index in [2.05, 4.69) is 0 Å². The molecule has 0 aliphatic carbocycles. The Kier molecular flexibility index (Phi) is 5.99. The van der Waals surface area contributed by atoms with Gasteiger partial charge in [0.2, 0.25) is 11.8 Å². The first kappa shape index (κ1) is 19.5. The second-order valence-corrected chi connectivity index (χ2v) is 6.57. The predicted octanol–water partition coefficient (Wildman–Crippen LogP) is 2.62. The van der Waals surface area contributed by atoms with Crippen molar-refractivity contribution in [3.8, 4) is 0 Å². The van der Waals surface area contributed by atoms with Gasteiger partial charge in [-0.25, -0.2) is 0 Å². The molecule has 3 rings (SSSR count). The average molecular weight is 379 g/mol. The first-order chi connectivity index (χ1) is 13.5. The van der Waals surface area contributed by atoms with E-state index in [1.54, 1.807) is 37.3 Å². The monoisotopic (exact) mass is 379 g/mol. The fourth-order valence-corrected chi connectivity index (χ4v) is 3.37. The Labute approximate surface area is 163 Å². The Morgan fingerprint density at radius 3 is 2.25 bits per heavy atom. The maximum Gasteiger partial charge on any atom is 0.317 e. The lowest BCUT2D eigenvalue weighted by Crippen LogP contribution is -2.38. The summed E-state index contributed by atoms with van der Waals surface area (Å²) in [5.41, 5.74) is 1.11. The first-order valence-corrected chi connectivity index (χ1v) is 9.17. The van der Waals surface area contributed by atoms with E-state index in [9.17, 15) is 19.2 Å². The van der Waals surface area contributed by atoms with E-state index in [1.807, 2.05) is 30.3 Å². The van der Waals surface area contributed by atoms with Crippen molar-refractivity contribution in [3.63, 3.8) is 0 Å². The molecule has 2 unspecified atom stereocenters.